The summed E-state index contributed by atoms with van der Waals surface area (Å²) < 4.78 is 0. The van der Waals surface area contributed by atoms with Gasteiger partial charge in [-0.05, 0) is 0 Å². The zero-order chi connectivity index (χ0) is 12.3. The highest BCUT2D eigenvalue weighted by molar-refractivity contribution is 5.91. The number of benzene rings is 1. The van der Waals surface area contributed by atoms with Gasteiger partial charge in [-0.1, -0.05) is 24.3 Å². The van der Waals surface area contributed by atoms with Gasteiger partial charge in [-0.25, -0.2) is 0 Å². The normalized spacial score (nSPS) is 12.3. The van der Waals surface area contributed by atoms with Crippen LogP contribution in [0.3, 0.4) is 0 Å². The molecule has 88 valence electrons. The van der Waals surface area contributed by atoms with E-state index in [1.165, 1.54) is 0 Å². The molecule has 0 saturated carbocycles. The summed E-state index contributed by atoms with van der Waals surface area (Å²) in [7, 11) is 0. The first-order chi connectivity index (χ1) is 8.18. The van der Waals surface area contributed by atoms with Crippen molar-refractivity contribution < 1.29 is 9.90 Å². The third-order valence-corrected chi connectivity index (χ3v) is 2.36. The summed E-state index contributed by atoms with van der Waals surface area (Å²) in [6.45, 7) is 0.0119. The fourth-order valence-corrected chi connectivity index (χ4v) is 1.45. The molecular formula is C11H12N4O2. The molecule has 0 aliphatic rings. The van der Waals surface area contributed by atoms with Crippen LogP contribution < -0.4 is 11.1 Å². The summed E-state index contributed by atoms with van der Waals surface area (Å²) in [4.78, 5) is 10.7. The van der Waals surface area contributed by atoms with E-state index in [0.29, 0.717) is 5.82 Å². The highest BCUT2D eigenvalue weighted by Gasteiger charge is 2.11. The molecule has 1 aromatic heterocycles. The molecule has 1 atom stereocenters. The van der Waals surface area contributed by atoms with E-state index in [0.717, 1.165) is 10.8 Å². The summed E-state index contributed by atoms with van der Waals surface area (Å²) in [6.07, 6.45) is 0.404. The number of hydrogen-bond acceptors (Lipinski definition) is 5. The average molecular weight is 232 g/mol. The largest absolute Gasteiger partial charge is 0.381 e. The highest BCUT2D eigenvalue weighted by atomic mass is 16.3. The molecule has 0 fully saturated rings. The van der Waals surface area contributed by atoms with Gasteiger partial charge in [-0.15, -0.1) is 5.10 Å². The van der Waals surface area contributed by atoms with Gasteiger partial charge < -0.3 is 16.2 Å². The zero-order valence-electron chi connectivity index (χ0n) is 9.00. The molecule has 0 saturated heterocycles. The SMILES string of the molecule is NC(=O)C(O)CNc1nncc2ccccc12. The van der Waals surface area contributed by atoms with Gasteiger partial charge in [-0.2, -0.15) is 5.10 Å². The van der Waals surface area contributed by atoms with E-state index < -0.39 is 12.0 Å². The predicted molar refractivity (Wildman–Crippen MR) is 63.2 cm³/mol. The molecular weight excluding hydrogens is 220 g/mol. The molecule has 0 aliphatic carbocycles. The molecule has 0 bridgehead atoms. The van der Waals surface area contributed by atoms with Gasteiger partial charge in [0, 0.05) is 10.8 Å². The van der Waals surface area contributed by atoms with Gasteiger partial charge in [0.1, 0.15) is 6.10 Å². The van der Waals surface area contributed by atoms with Crippen molar-refractivity contribution in [3.8, 4) is 0 Å². The second-order valence-corrected chi connectivity index (χ2v) is 3.58. The molecule has 0 radical (unpaired) electrons. The number of fused-ring (bicyclic) bond motifs is 1. The van der Waals surface area contributed by atoms with Gasteiger partial charge in [0.15, 0.2) is 5.82 Å². The van der Waals surface area contributed by atoms with Crippen LogP contribution in [0.5, 0.6) is 0 Å². The molecule has 17 heavy (non-hydrogen) atoms. The van der Waals surface area contributed by atoms with E-state index >= 15 is 0 Å². The number of aliphatic hydroxyl groups excluding tert-OH is 1. The summed E-state index contributed by atoms with van der Waals surface area (Å²) >= 11 is 0. The lowest BCUT2D eigenvalue weighted by Gasteiger charge is -2.10. The van der Waals surface area contributed by atoms with Crippen LogP contribution in [0.15, 0.2) is 30.5 Å². The van der Waals surface area contributed by atoms with E-state index in [-0.39, 0.29) is 6.54 Å². The van der Waals surface area contributed by atoms with E-state index in [2.05, 4.69) is 15.5 Å². The summed E-state index contributed by atoms with van der Waals surface area (Å²) in [5, 5.41) is 21.7. The van der Waals surface area contributed by atoms with E-state index in [1.54, 1.807) is 6.20 Å². The number of primary amides is 1. The molecule has 1 unspecified atom stereocenters. The van der Waals surface area contributed by atoms with Crippen LogP contribution in [0.4, 0.5) is 5.82 Å². The van der Waals surface area contributed by atoms with Gasteiger partial charge >= 0.3 is 0 Å². The summed E-state index contributed by atoms with van der Waals surface area (Å²) in [5.74, 6) is -0.255. The number of hydrogen-bond donors (Lipinski definition) is 3. The first kappa shape index (κ1) is 11.3. The topological polar surface area (TPSA) is 101 Å². The number of anilines is 1. The Morgan fingerprint density at radius 1 is 1.47 bits per heavy atom. The fraction of sp³-hybridized carbons (Fsp3) is 0.182. The molecule has 0 spiro atoms. The number of aromatic nitrogens is 2. The standard InChI is InChI=1S/C11H12N4O2/c12-10(17)9(16)6-13-11-8-4-2-1-3-7(8)5-14-15-11/h1-5,9,16H,6H2,(H2,12,17)(H,13,15). The molecule has 2 aromatic rings. The molecule has 6 nitrogen and oxygen atoms in total. The minimum Gasteiger partial charge on any atom is -0.381 e. The Morgan fingerprint density at radius 3 is 3.00 bits per heavy atom. The Morgan fingerprint density at radius 2 is 2.24 bits per heavy atom. The second-order valence-electron chi connectivity index (χ2n) is 3.58. The van der Waals surface area contributed by atoms with Crippen molar-refractivity contribution in [1.29, 1.82) is 0 Å². The average Bonchev–Trinajstić information content (AvgIpc) is 2.35. The monoisotopic (exact) mass is 232 g/mol. The first-order valence-electron chi connectivity index (χ1n) is 5.10. The Bertz CT molecular complexity index is 538. The number of carbonyl (C=O) groups excluding carboxylic acids is 1. The minimum absolute atomic E-state index is 0.0119. The molecule has 2 rings (SSSR count). The Kier molecular flexibility index (Phi) is 3.15. The van der Waals surface area contributed by atoms with Crippen molar-refractivity contribution in [3.63, 3.8) is 0 Å². The van der Waals surface area contributed by atoms with Crippen LogP contribution in [-0.4, -0.2) is 33.9 Å². The second kappa shape index (κ2) is 4.75. The minimum atomic E-state index is -1.24. The van der Waals surface area contributed by atoms with Crippen LogP contribution in [0.25, 0.3) is 10.8 Å². The smallest absolute Gasteiger partial charge is 0.248 e. The Labute approximate surface area is 97.5 Å². The molecule has 1 heterocycles. The number of rotatable bonds is 4. The molecule has 6 heteroatoms. The maximum absolute atomic E-state index is 10.7. The maximum Gasteiger partial charge on any atom is 0.248 e. The molecule has 4 N–H and O–H groups in total. The number of nitrogens with two attached hydrogens (primary N) is 1. The number of nitrogens with zero attached hydrogens (tertiary/aromatic N) is 2. The molecule has 1 aromatic carbocycles. The first-order valence-corrected chi connectivity index (χ1v) is 5.10. The van der Waals surface area contributed by atoms with Crippen molar-refractivity contribution in [3.05, 3.63) is 30.5 Å². The lowest BCUT2D eigenvalue weighted by molar-refractivity contribution is -0.125. The van der Waals surface area contributed by atoms with Crippen molar-refractivity contribution in [2.75, 3.05) is 11.9 Å². The van der Waals surface area contributed by atoms with E-state index in [1.807, 2.05) is 24.3 Å². The number of nitrogens with one attached hydrogen (secondary N) is 1. The number of aliphatic hydroxyl groups is 1. The van der Waals surface area contributed by atoms with Gasteiger partial charge in [-0.3, -0.25) is 4.79 Å². The Balaban J connectivity index is 2.21. The lowest BCUT2D eigenvalue weighted by atomic mass is 10.2. The van der Waals surface area contributed by atoms with Gasteiger partial charge in [0.05, 0.1) is 12.7 Å². The van der Waals surface area contributed by atoms with Crippen LogP contribution in [-0.2, 0) is 4.79 Å². The van der Waals surface area contributed by atoms with Gasteiger partial charge in [0.2, 0.25) is 5.91 Å². The van der Waals surface area contributed by atoms with Crippen molar-refractivity contribution in [2.45, 2.75) is 6.10 Å². The van der Waals surface area contributed by atoms with E-state index in [4.69, 9.17) is 5.73 Å². The van der Waals surface area contributed by atoms with Crippen LogP contribution >= 0.6 is 0 Å². The Hall–Kier alpha value is -2.21. The van der Waals surface area contributed by atoms with E-state index in [9.17, 15) is 9.90 Å². The third kappa shape index (κ3) is 2.48. The summed E-state index contributed by atoms with van der Waals surface area (Å²) in [6, 6.07) is 7.55. The quantitative estimate of drug-likeness (QED) is 0.682. The summed E-state index contributed by atoms with van der Waals surface area (Å²) in [5.41, 5.74) is 4.95. The molecule has 1 amide bonds. The fourth-order valence-electron chi connectivity index (χ4n) is 1.45. The number of amides is 1. The zero-order valence-corrected chi connectivity index (χ0v) is 9.00. The van der Waals surface area contributed by atoms with Crippen molar-refractivity contribution in [1.82, 2.24) is 10.2 Å². The maximum atomic E-state index is 10.7. The predicted octanol–water partition coefficient (Wildman–Crippen LogP) is -0.112. The van der Waals surface area contributed by atoms with Gasteiger partial charge in [0.25, 0.3) is 0 Å². The van der Waals surface area contributed by atoms with Crippen LogP contribution in [0, 0.1) is 0 Å². The van der Waals surface area contributed by atoms with Crippen LogP contribution in [0.2, 0.25) is 0 Å². The van der Waals surface area contributed by atoms with Crippen molar-refractivity contribution >= 4 is 22.5 Å². The highest BCUT2D eigenvalue weighted by Crippen LogP contribution is 2.18. The number of carbonyl (C=O) groups is 1. The van der Waals surface area contributed by atoms with Crippen LogP contribution in [0.1, 0.15) is 0 Å². The lowest BCUT2D eigenvalue weighted by Crippen LogP contribution is -2.34. The van der Waals surface area contributed by atoms with Crippen molar-refractivity contribution in [2.24, 2.45) is 5.73 Å². The third-order valence-electron chi connectivity index (χ3n) is 2.36. The molecule has 0 aliphatic heterocycles.